The monoisotopic (exact) mass is 218 g/mol. The van der Waals surface area contributed by atoms with Crippen molar-refractivity contribution in [1.82, 2.24) is 5.32 Å². The molecule has 0 aromatic heterocycles. The van der Waals surface area contributed by atoms with Gasteiger partial charge >= 0.3 is 0 Å². The van der Waals surface area contributed by atoms with E-state index in [1.807, 2.05) is 25.1 Å². The fourth-order valence-corrected chi connectivity index (χ4v) is 1.54. The molecule has 86 valence electrons. The topological polar surface area (TPSA) is 45.0 Å². The highest BCUT2D eigenvalue weighted by Crippen LogP contribution is 2.10. The molecule has 0 saturated heterocycles. The lowest BCUT2D eigenvalue weighted by molar-refractivity contribution is 0.184. The van der Waals surface area contributed by atoms with Crippen molar-refractivity contribution < 1.29 is 4.74 Å². The average Bonchev–Trinajstić information content (AvgIpc) is 2.33. The van der Waals surface area contributed by atoms with Crippen molar-refractivity contribution in [2.75, 3.05) is 7.11 Å². The third-order valence-electron chi connectivity index (χ3n) is 2.52. The van der Waals surface area contributed by atoms with Gasteiger partial charge in [0.25, 0.3) is 0 Å². The van der Waals surface area contributed by atoms with Crippen LogP contribution in [0, 0.1) is 11.3 Å². The molecule has 0 bridgehead atoms. The zero-order valence-electron chi connectivity index (χ0n) is 9.86. The number of ether oxygens (including phenoxy) is 1. The molecule has 1 rings (SSSR count). The van der Waals surface area contributed by atoms with Crippen LogP contribution in [0.15, 0.2) is 24.3 Å². The molecule has 0 aliphatic rings. The van der Waals surface area contributed by atoms with Crippen LogP contribution in [0.3, 0.4) is 0 Å². The van der Waals surface area contributed by atoms with Crippen molar-refractivity contribution in [3.8, 4) is 6.07 Å². The van der Waals surface area contributed by atoms with Crippen molar-refractivity contribution >= 4 is 0 Å². The Balaban J connectivity index is 2.62. The molecular weight excluding hydrogens is 200 g/mol. The summed E-state index contributed by atoms with van der Waals surface area (Å²) in [6, 6.07) is 10.3. The first-order valence-electron chi connectivity index (χ1n) is 5.50. The van der Waals surface area contributed by atoms with Crippen LogP contribution >= 0.6 is 0 Å². The largest absolute Gasteiger partial charge is 0.380 e. The first-order valence-corrected chi connectivity index (χ1v) is 5.50. The fraction of sp³-hybridized carbons (Fsp3) is 0.462. The second kappa shape index (κ2) is 7.00. The summed E-state index contributed by atoms with van der Waals surface area (Å²) in [6.45, 7) is 3.33. The quantitative estimate of drug-likeness (QED) is 0.796. The minimum atomic E-state index is -0.0735. The molecule has 0 heterocycles. The van der Waals surface area contributed by atoms with E-state index < -0.39 is 0 Å². The smallest absolute Gasteiger partial charge is 0.0952 e. The van der Waals surface area contributed by atoms with Crippen LogP contribution in [0.1, 0.15) is 24.5 Å². The molecule has 1 aromatic carbocycles. The molecule has 1 N–H and O–H groups in total. The number of hydrogen-bond donors (Lipinski definition) is 1. The Labute approximate surface area is 97.0 Å². The molecule has 0 amide bonds. The van der Waals surface area contributed by atoms with Gasteiger partial charge in [0, 0.05) is 13.7 Å². The zero-order chi connectivity index (χ0) is 11.8. The third kappa shape index (κ3) is 3.65. The molecule has 1 aromatic rings. The number of hydrogen-bond acceptors (Lipinski definition) is 3. The highest BCUT2D eigenvalue weighted by molar-refractivity contribution is 5.26. The van der Waals surface area contributed by atoms with Gasteiger partial charge in [-0.2, -0.15) is 5.26 Å². The third-order valence-corrected chi connectivity index (χ3v) is 2.52. The zero-order valence-corrected chi connectivity index (χ0v) is 9.86. The Hall–Kier alpha value is -1.37. The molecule has 3 nitrogen and oxygen atoms in total. The average molecular weight is 218 g/mol. The van der Waals surface area contributed by atoms with Crippen molar-refractivity contribution in [1.29, 1.82) is 5.26 Å². The molecule has 3 heteroatoms. The predicted octanol–water partition coefficient (Wildman–Crippen LogP) is 2.22. The Morgan fingerprint density at radius 1 is 1.38 bits per heavy atom. The number of benzene rings is 1. The van der Waals surface area contributed by atoms with Gasteiger partial charge in [-0.25, -0.2) is 0 Å². The fourth-order valence-electron chi connectivity index (χ4n) is 1.54. The molecule has 0 aliphatic heterocycles. The van der Waals surface area contributed by atoms with Crippen LogP contribution in [-0.2, 0) is 17.9 Å². The minimum absolute atomic E-state index is 0.0735. The normalized spacial score (nSPS) is 12.1. The molecule has 0 saturated carbocycles. The van der Waals surface area contributed by atoms with E-state index in [2.05, 4.69) is 17.5 Å². The van der Waals surface area contributed by atoms with Crippen LogP contribution in [0.25, 0.3) is 0 Å². The van der Waals surface area contributed by atoms with E-state index in [9.17, 15) is 0 Å². The predicted molar refractivity (Wildman–Crippen MR) is 63.7 cm³/mol. The Kier molecular flexibility index (Phi) is 5.55. The van der Waals surface area contributed by atoms with Gasteiger partial charge in [0.1, 0.15) is 0 Å². The number of rotatable bonds is 6. The summed E-state index contributed by atoms with van der Waals surface area (Å²) >= 11 is 0. The number of nitriles is 1. The first-order chi connectivity index (χ1) is 7.81. The van der Waals surface area contributed by atoms with E-state index in [4.69, 9.17) is 10.00 Å². The van der Waals surface area contributed by atoms with Crippen molar-refractivity contribution in [2.24, 2.45) is 0 Å². The van der Waals surface area contributed by atoms with Gasteiger partial charge in [-0.05, 0) is 17.5 Å². The van der Waals surface area contributed by atoms with Gasteiger partial charge in [-0.15, -0.1) is 0 Å². The van der Waals surface area contributed by atoms with Gasteiger partial charge in [-0.3, -0.25) is 5.32 Å². The van der Waals surface area contributed by atoms with Crippen molar-refractivity contribution in [3.63, 3.8) is 0 Å². The lowest BCUT2D eigenvalue weighted by atomic mass is 10.1. The van der Waals surface area contributed by atoms with Gasteiger partial charge in [0.15, 0.2) is 0 Å². The summed E-state index contributed by atoms with van der Waals surface area (Å²) in [7, 11) is 1.69. The van der Waals surface area contributed by atoms with Crippen LogP contribution in [0.2, 0.25) is 0 Å². The lowest BCUT2D eigenvalue weighted by Gasteiger charge is -2.12. The highest BCUT2D eigenvalue weighted by atomic mass is 16.5. The number of nitrogens with one attached hydrogen (secondary N) is 1. The molecule has 0 aliphatic carbocycles. The lowest BCUT2D eigenvalue weighted by Crippen LogP contribution is -2.26. The van der Waals surface area contributed by atoms with Gasteiger partial charge in [-0.1, -0.05) is 31.2 Å². The maximum atomic E-state index is 8.84. The molecule has 0 spiro atoms. The van der Waals surface area contributed by atoms with Gasteiger partial charge in [0.05, 0.1) is 18.7 Å². The summed E-state index contributed by atoms with van der Waals surface area (Å²) in [4.78, 5) is 0. The summed E-state index contributed by atoms with van der Waals surface area (Å²) in [6.07, 6.45) is 0.822. The van der Waals surface area contributed by atoms with Crippen LogP contribution < -0.4 is 5.32 Å². The van der Waals surface area contributed by atoms with Crippen molar-refractivity contribution in [3.05, 3.63) is 35.4 Å². The van der Waals surface area contributed by atoms with Crippen LogP contribution in [0.5, 0.6) is 0 Å². The second-order valence-electron chi connectivity index (χ2n) is 3.67. The number of methoxy groups -OCH3 is 1. The second-order valence-corrected chi connectivity index (χ2v) is 3.67. The molecule has 1 unspecified atom stereocenters. The maximum Gasteiger partial charge on any atom is 0.0952 e. The van der Waals surface area contributed by atoms with E-state index in [1.54, 1.807) is 7.11 Å². The molecule has 16 heavy (non-hydrogen) atoms. The number of nitrogens with zero attached hydrogens (tertiary/aromatic N) is 1. The van der Waals surface area contributed by atoms with E-state index in [-0.39, 0.29) is 6.04 Å². The van der Waals surface area contributed by atoms with E-state index >= 15 is 0 Å². The summed E-state index contributed by atoms with van der Waals surface area (Å²) in [5, 5.41) is 12.1. The summed E-state index contributed by atoms with van der Waals surface area (Å²) in [5.74, 6) is 0. The molecule has 0 fully saturated rings. The molecule has 1 atom stereocenters. The Morgan fingerprint density at radius 2 is 2.06 bits per heavy atom. The van der Waals surface area contributed by atoms with Crippen LogP contribution in [-0.4, -0.2) is 13.2 Å². The van der Waals surface area contributed by atoms with Gasteiger partial charge in [0.2, 0.25) is 0 Å². The SMILES string of the molecule is CCC(C#N)NCc1ccccc1COC. The van der Waals surface area contributed by atoms with E-state index in [0.29, 0.717) is 13.2 Å². The van der Waals surface area contributed by atoms with E-state index in [0.717, 1.165) is 6.42 Å². The summed E-state index contributed by atoms with van der Waals surface area (Å²) in [5.41, 5.74) is 2.36. The van der Waals surface area contributed by atoms with Crippen molar-refractivity contribution in [2.45, 2.75) is 32.5 Å². The first kappa shape index (κ1) is 12.7. The maximum absolute atomic E-state index is 8.84. The minimum Gasteiger partial charge on any atom is -0.380 e. The summed E-state index contributed by atoms with van der Waals surface area (Å²) < 4.78 is 5.14. The van der Waals surface area contributed by atoms with Gasteiger partial charge < -0.3 is 4.74 Å². The standard InChI is InChI=1S/C13H18N2O/c1-3-13(8-14)15-9-11-6-4-5-7-12(11)10-16-2/h4-7,13,15H,3,9-10H2,1-2H3. The molecule has 0 radical (unpaired) electrons. The highest BCUT2D eigenvalue weighted by Gasteiger charge is 2.05. The molecular formula is C13H18N2O. The van der Waals surface area contributed by atoms with E-state index in [1.165, 1.54) is 11.1 Å². The van der Waals surface area contributed by atoms with Crippen LogP contribution in [0.4, 0.5) is 0 Å². The Morgan fingerprint density at radius 3 is 2.62 bits per heavy atom. The Bertz CT molecular complexity index is 357.